The number of imidazole rings is 1. The molecule has 1 amide bonds. The van der Waals surface area contributed by atoms with Crippen LogP contribution in [0.2, 0.25) is 5.02 Å². The third-order valence-electron chi connectivity index (χ3n) is 5.32. The van der Waals surface area contributed by atoms with Crippen molar-refractivity contribution in [1.29, 1.82) is 0 Å². The molecule has 0 saturated heterocycles. The number of aryl methyl sites for hydroxylation is 2. The molecule has 1 N–H and O–H groups in total. The summed E-state index contributed by atoms with van der Waals surface area (Å²) in [5.41, 5.74) is 2.48. The van der Waals surface area contributed by atoms with Crippen LogP contribution in [0.1, 0.15) is 29.0 Å². The lowest BCUT2D eigenvalue weighted by molar-refractivity contribution is 0.0953. The number of aromatic nitrogens is 2. The monoisotopic (exact) mass is 465 g/mol. The number of halogens is 2. The summed E-state index contributed by atoms with van der Waals surface area (Å²) < 4.78 is 21.1. The molecule has 4 rings (SSSR count). The lowest BCUT2D eigenvalue weighted by atomic mass is 10.2. The van der Waals surface area contributed by atoms with Gasteiger partial charge in [-0.25, -0.2) is 9.37 Å². The van der Waals surface area contributed by atoms with Gasteiger partial charge in [0, 0.05) is 25.1 Å². The minimum atomic E-state index is -0.359. The van der Waals surface area contributed by atoms with E-state index < -0.39 is 0 Å². The molecule has 3 aromatic carbocycles. The molecule has 0 radical (unpaired) electrons. The average molecular weight is 466 g/mol. The standard InChI is InChI=1S/C26H25ClFN3O2/c27-21-7-1-4-10-24(21)33-18-6-17-31-23-9-3-2-8-22(23)30-25(31)11-5-16-29-26(32)19-12-14-20(28)15-13-19/h1-4,7-10,12-15H,5-6,11,16-18H2,(H,29,32). The predicted octanol–water partition coefficient (Wildman–Crippen LogP) is 5.66. The number of fused-ring (bicyclic) bond motifs is 1. The molecule has 5 nitrogen and oxygen atoms in total. The van der Waals surface area contributed by atoms with Crippen LogP contribution in [0.15, 0.2) is 72.8 Å². The zero-order valence-electron chi connectivity index (χ0n) is 18.1. The minimum absolute atomic E-state index is 0.208. The van der Waals surface area contributed by atoms with Crippen LogP contribution in [0.25, 0.3) is 11.0 Å². The number of carbonyl (C=O) groups is 1. The van der Waals surface area contributed by atoms with Crippen LogP contribution in [0.4, 0.5) is 4.39 Å². The maximum atomic E-state index is 13.0. The van der Waals surface area contributed by atoms with Gasteiger partial charge in [-0.15, -0.1) is 0 Å². The van der Waals surface area contributed by atoms with Crippen molar-refractivity contribution in [3.05, 3.63) is 95.0 Å². The van der Waals surface area contributed by atoms with E-state index in [2.05, 4.69) is 16.0 Å². The maximum Gasteiger partial charge on any atom is 0.251 e. The minimum Gasteiger partial charge on any atom is -0.492 e. The summed E-state index contributed by atoms with van der Waals surface area (Å²) in [5.74, 6) is 1.10. The molecule has 0 aliphatic heterocycles. The number of ether oxygens (including phenoxy) is 1. The first-order valence-corrected chi connectivity index (χ1v) is 11.3. The van der Waals surface area contributed by atoms with Crippen LogP contribution in [-0.2, 0) is 13.0 Å². The molecule has 0 bridgehead atoms. The van der Waals surface area contributed by atoms with Gasteiger partial charge in [0.1, 0.15) is 17.4 Å². The van der Waals surface area contributed by atoms with E-state index >= 15 is 0 Å². The zero-order chi connectivity index (χ0) is 23.0. The molecule has 0 aliphatic carbocycles. The van der Waals surface area contributed by atoms with Gasteiger partial charge in [0.15, 0.2) is 0 Å². The van der Waals surface area contributed by atoms with E-state index in [0.29, 0.717) is 29.5 Å². The Bertz CT molecular complexity index is 1220. The Morgan fingerprint density at radius 2 is 1.76 bits per heavy atom. The number of nitrogens with one attached hydrogen (secondary N) is 1. The predicted molar refractivity (Wildman–Crippen MR) is 128 cm³/mol. The Balaban J connectivity index is 1.33. The van der Waals surface area contributed by atoms with Crippen LogP contribution >= 0.6 is 11.6 Å². The van der Waals surface area contributed by atoms with Crippen LogP contribution in [0.5, 0.6) is 5.75 Å². The molecule has 0 spiro atoms. The Hall–Kier alpha value is -3.38. The molecule has 0 aliphatic rings. The Labute approximate surface area is 197 Å². The van der Waals surface area contributed by atoms with E-state index in [9.17, 15) is 9.18 Å². The molecule has 4 aromatic rings. The van der Waals surface area contributed by atoms with E-state index in [1.165, 1.54) is 24.3 Å². The number of benzene rings is 3. The zero-order valence-corrected chi connectivity index (χ0v) is 18.9. The van der Waals surface area contributed by atoms with Crippen molar-refractivity contribution in [3.63, 3.8) is 0 Å². The maximum absolute atomic E-state index is 13.0. The number of hydrogen-bond donors (Lipinski definition) is 1. The van der Waals surface area contributed by atoms with Gasteiger partial charge >= 0.3 is 0 Å². The van der Waals surface area contributed by atoms with Crippen molar-refractivity contribution in [2.75, 3.05) is 13.2 Å². The molecule has 1 aromatic heterocycles. The molecule has 7 heteroatoms. The van der Waals surface area contributed by atoms with E-state index in [1.807, 2.05) is 42.5 Å². The fraction of sp³-hybridized carbons (Fsp3) is 0.231. The molecule has 0 atom stereocenters. The molecule has 0 saturated carbocycles. The summed E-state index contributed by atoms with van der Waals surface area (Å²) in [6.45, 7) is 1.82. The normalized spacial score (nSPS) is 11.0. The van der Waals surface area contributed by atoms with E-state index in [4.69, 9.17) is 21.3 Å². The quantitative estimate of drug-likeness (QED) is 0.307. The smallest absolute Gasteiger partial charge is 0.251 e. The van der Waals surface area contributed by atoms with Crippen LogP contribution < -0.4 is 10.1 Å². The van der Waals surface area contributed by atoms with Gasteiger partial charge in [0.25, 0.3) is 5.91 Å². The topological polar surface area (TPSA) is 56.2 Å². The Kier molecular flexibility index (Phi) is 7.58. The van der Waals surface area contributed by atoms with Gasteiger partial charge in [0.2, 0.25) is 0 Å². The van der Waals surface area contributed by atoms with Crippen molar-refractivity contribution in [3.8, 4) is 5.75 Å². The second kappa shape index (κ2) is 11.0. The highest BCUT2D eigenvalue weighted by Gasteiger charge is 2.11. The molecule has 1 heterocycles. The van der Waals surface area contributed by atoms with Gasteiger partial charge in [-0.1, -0.05) is 35.9 Å². The van der Waals surface area contributed by atoms with E-state index in [1.54, 1.807) is 0 Å². The van der Waals surface area contributed by atoms with E-state index in [0.717, 1.165) is 42.7 Å². The second-order valence-electron chi connectivity index (χ2n) is 7.67. The largest absolute Gasteiger partial charge is 0.492 e. The number of nitrogens with zero attached hydrogens (tertiary/aromatic N) is 2. The lowest BCUT2D eigenvalue weighted by Crippen LogP contribution is -2.25. The summed E-state index contributed by atoms with van der Waals surface area (Å²) in [7, 11) is 0. The highest BCUT2D eigenvalue weighted by Crippen LogP contribution is 2.23. The summed E-state index contributed by atoms with van der Waals surface area (Å²) in [6.07, 6.45) is 2.27. The summed E-state index contributed by atoms with van der Waals surface area (Å²) in [5, 5.41) is 3.49. The Morgan fingerprint density at radius 3 is 2.58 bits per heavy atom. The molecule has 0 unspecified atom stereocenters. The number of rotatable bonds is 10. The van der Waals surface area contributed by atoms with Crippen LogP contribution in [0, 0.1) is 5.82 Å². The Morgan fingerprint density at radius 1 is 1.00 bits per heavy atom. The summed E-state index contributed by atoms with van der Waals surface area (Å²) in [6, 6.07) is 21.0. The van der Waals surface area contributed by atoms with E-state index in [-0.39, 0.29) is 11.7 Å². The van der Waals surface area contributed by atoms with Crippen molar-refractivity contribution < 1.29 is 13.9 Å². The SMILES string of the molecule is O=C(NCCCc1nc2ccccc2n1CCCOc1ccccc1Cl)c1ccc(F)cc1. The third kappa shape index (κ3) is 5.90. The molecular formula is C26H25ClFN3O2. The second-order valence-corrected chi connectivity index (χ2v) is 8.07. The van der Waals surface area contributed by atoms with Crippen molar-refractivity contribution in [2.24, 2.45) is 0 Å². The van der Waals surface area contributed by atoms with Crippen LogP contribution in [-0.4, -0.2) is 28.6 Å². The van der Waals surface area contributed by atoms with Gasteiger partial charge < -0.3 is 14.6 Å². The average Bonchev–Trinajstić information content (AvgIpc) is 3.18. The molecular weight excluding hydrogens is 441 g/mol. The molecule has 33 heavy (non-hydrogen) atoms. The van der Waals surface area contributed by atoms with Gasteiger partial charge in [-0.05, 0) is 61.4 Å². The first-order chi connectivity index (χ1) is 16.1. The number of carbonyl (C=O) groups excluding carboxylic acids is 1. The first-order valence-electron chi connectivity index (χ1n) is 11.0. The summed E-state index contributed by atoms with van der Waals surface area (Å²) >= 11 is 6.16. The fourth-order valence-electron chi connectivity index (χ4n) is 3.68. The van der Waals surface area contributed by atoms with Crippen LogP contribution in [0.3, 0.4) is 0 Å². The van der Waals surface area contributed by atoms with Crippen molar-refractivity contribution in [1.82, 2.24) is 14.9 Å². The van der Waals surface area contributed by atoms with Gasteiger partial charge in [-0.3, -0.25) is 4.79 Å². The number of amides is 1. The lowest BCUT2D eigenvalue weighted by Gasteiger charge is -2.11. The fourth-order valence-corrected chi connectivity index (χ4v) is 3.87. The number of para-hydroxylation sites is 3. The number of hydrogen-bond acceptors (Lipinski definition) is 3. The van der Waals surface area contributed by atoms with Crippen molar-refractivity contribution in [2.45, 2.75) is 25.8 Å². The highest BCUT2D eigenvalue weighted by molar-refractivity contribution is 6.32. The first kappa shape index (κ1) is 22.8. The summed E-state index contributed by atoms with van der Waals surface area (Å²) in [4.78, 5) is 17.0. The highest BCUT2D eigenvalue weighted by atomic mass is 35.5. The third-order valence-corrected chi connectivity index (χ3v) is 5.64. The van der Waals surface area contributed by atoms with Crippen molar-refractivity contribution >= 4 is 28.5 Å². The molecule has 170 valence electrons. The molecule has 0 fully saturated rings. The van der Waals surface area contributed by atoms with Gasteiger partial charge in [-0.2, -0.15) is 0 Å². The van der Waals surface area contributed by atoms with Gasteiger partial charge in [0.05, 0.1) is 22.7 Å².